The van der Waals surface area contributed by atoms with Crippen LogP contribution in [0.5, 0.6) is 5.75 Å². The third kappa shape index (κ3) is 3.17. The second-order valence-electron chi connectivity index (χ2n) is 3.37. The first-order valence-electron chi connectivity index (χ1n) is 4.95. The summed E-state index contributed by atoms with van der Waals surface area (Å²) in [4.78, 5) is 23.3. The van der Waals surface area contributed by atoms with E-state index in [1.165, 1.54) is 0 Å². The molecule has 0 saturated heterocycles. The Hall–Kier alpha value is -2.11. The van der Waals surface area contributed by atoms with Crippen LogP contribution >= 0.6 is 0 Å². The predicted molar refractivity (Wildman–Crippen MR) is 57.3 cm³/mol. The van der Waals surface area contributed by atoms with E-state index < -0.39 is 24.2 Å². The van der Waals surface area contributed by atoms with Gasteiger partial charge in [-0.05, 0) is 25.1 Å². The molecule has 0 atom stereocenters. The smallest absolute Gasteiger partial charge is 0.323 e. The van der Waals surface area contributed by atoms with E-state index >= 15 is 0 Å². The molecule has 0 bridgehead atoms. The SMILES string of the molecule is CCN(CC(=O)O)C(=O)c1cc(F)ccc1O. The van der Waals surface area contributed by atoms with Crippen molar-refractivity contribution in [1.29, 1.82) is 0 Å². The lowest BCUT2D eigenvalue weighted by Gasteiger charge is -2.18. The Morgan fingerprint density at radius 3 is 2.59 bits per heavy atom. The van der Waals surface area contributed by atoms with E-state index in [9.17, 15) is 19.1 Å². The number of carbonyl (C=O) groups excluding carboxylic acids is 1. The summed E-state index contributed by atoms with van der Waals surface area (Å²) in [5, 5.41) is 18.0. The number of hydrogen-bond donors (Lipinski definition) is 2. The molecule has 0 fully saturated rings. The fourth-order valence-corrected chi connectivity index (χ4v) is 1.34. The highest BCUT2D eigenvalue weighted by atomic mass is 19.1. The molecule has 5 nitrogen and oxygen atoms in total. The maximum absolute atomic E-state index is 12.9. The van der Waals surface area contributed by atoms with Crippen molar-refractivity contribution in [3.63, 3.8) is 0 Å². The van der Waals surface area contributed by atoms with Gasteiger partial charge in [0.1, 0.15) is 18.1 Å². The molecule has 0 aliphatic carbocycles. The normalized spacial score (nSPS) is 10.0. The topological polar surface area (TPSA) is 77.8 Å². The van der Waals surface area contributed by atoms with Gasteiger partial charge in [-0.2, -0.15) is 0 Å². The lowest BCUT2D eigenvalue weighted by Crippen LogP contribution is -2.35. The molecule has 1 aromatic carbocycles. The second-order valence-corrected chi connectivity index (χ2v) is 3.37. The average Bonchev–Trinajstić information content (AvgIpc) is 2.28. The first-order valence-corrected chi connectivity index (χ1v) is 4.95. The van der Waals surface area contributed by atoms with Gasteiger partial charge < -0.3 is 15.1 Å². The number of aliphatic carboxylic acids is 1. The maximum Gasteiger partial charge on any atom is 0.323 e. The van der Waals surface area contributed by atoms with E-state index in [0.717, 1.165) is 23.1 Å². The van der Waals surface area contributed by atoms with Crippen LogP contribution in [0.15, 0.2) is 18.2 Å². The van der Waals surface area contributed by atoms with Gasteiger partial charge in [-0.15, -0.1) is 0 Å². The molecule has 1 aromatic rings. The first-order chi connectivity index (χ1) is 7.95. The van der Waals surface area contributed by atoms with Gasteiger partial charge in [0.05, 0.1) is 5.56 Å². The Balaban J connectivity index is 3.01. The Morgan fingerprint density at radius 2 is 2.06 bits per heavy atom. The van der Waals surface area contributed by atoms with E-state index in [4.69, 9.17) is 5.11 Å². The summed E-state index contributed by atoms with van der Waals surface area (Å²) in [6.45, 7) is 1.25. The highest BCUT2D eigenvalue weighted by Gasteiger charge is 2.20. The van der Waals surface area contributed by atoms with E-state index in [2.05, 4.69) is 0 Å². The predicted octanol–water partition coefficient (Wildman–Crippen LogP) is 1.08. The minimum absolute atomic E-state index is 0.154. The van der Waals surface area contributed by atoms with Crippen molar-refractivity contribution in [2.45, 2.75) is 6.92 Å². The number of carboxylic acid groups (broad SMARTS) is 1. The van der Waals surface area contributed by atoms with Gasteiger partial charge in [0, 0.05) is 6.54 Å². The Kier molecular flexibility index (Phi) is 4.03. The van der Waals surface area contributed by atoms with Crippen LogP contribution in [0, 0.1) is 5.82 Å². The quantitative estimate of drug-likeness (QED) is 0.826. The Morgan fingerprint density at radius 1 is 1.41 bits per heavy atom. The van der Waals surface area contributed by atoms with Crippen LogP contribution in [0.3, 0.4) is 0 Å². The van der Waals surface area contributed by atoms with Crippen LogP contribution in [0.25, 0.3) is 0 Å². The number of nitrogens with zero attached hydrogens (tertiary/aromatic N) is 1. The standard InChI is InChI=1S/C11H12FNO4/c1-2-13(6-10(15)16)11(17)8-5-7(12)3-4-9(8)14/h3-5,14H,2,6H2,1H3,(H,15,16). The molecule has 0 aliphatic heterocycles. The molecule has 0 unspecified atom stereocenters. The van der Waals surface area contributed by atoms with Gasteiger partial charge in [-0.1, -0.05) is 0 Å². The zero-order valence-corrected chi connectivity index (χ0v) is 9.18. The lowest BCUT2D eigenvalue weighted by molar-refractivity contribution is -0.137. The second kappa shape index (κ2) is 5.29. The highest BCUT2D eigenvalue weighted by molar-refractivity contribution is 5.98. The summed E-state index contributed by atoms with van der Waals surface area (Å²) in [5.74, 6) is -2.93. The van der Waals surface area contributed by atoms with Gasteiger partial charge in [-0.25, -0.2) is 4.39 Å². The van der Waals surface area contributed by atoms with Crippen molar-refractivity contribution < 1.29 is 24.2 Å². The molecule has 0 heterocycles. The number of halogens is 1. The molecule has 2 N–H and O–H groups in total. The zero-order chi connectivity index (χ0) is 13.0. The molecule has 92 valence electrons. The molecular formula is C11H12FNO4. The van der Waals surface area contributed by atoms with Crippen LogP contribution in [-0.2, 0) is 4.79 Å². The molecule has 1 amide bonds. The van der Waals surface area contributed by atoms with E-state index in [1.807, 2.05) is 0 Å². The van der Waals surface area contributed by atoms with Crippen molar-refractivity contribution in [3.8, 4) is 5.75 Å². The van der Waals surface area contributed by atoms with Crippen LogP contribution in [0.1, 0.15) is 17.3 Å². The minimum atomic E-state index is -1.17. The number of benzene rings is 1. The van der Waals surface area contributed by atoms with Gasteiger partial charge in [0.2, 0.25) is 0 Å². The molecule has 17 heavy (non-hydrogen) atoms. The fraction of sp³-hybridized carbons (Fsp3) is 0.273. The van der Waals surface area contributed by atoms with E-state index in [1.54, 1.807) is 6.92 Å². The summed E-state index contributed by atoms with van der Waals surface area (Å²) >= 11 is 0. The Labute approximate surface area is 97.1 Å². The number of carbonyl (C=O) groups is 2. The van der Waals surface area contributed by atoms with Gasteiger partial charge in [-0.3, -0.25) is 9.59 Å². The van der Waals surface area contributed by atoms with Gasteiger partial charge in [0.15, 0.2) is 0 Å². The molecule has 6 heteroatoms. The molecular weight excluding hydrogens is 229 g/mol. The van der Waals surface area contributed by atoms with Crippen molar-refractivity contribution in [3.05, 3.63) is 29.6 Å². The van der Waals surface area contributed by atoms with Crippen molar-refractivity contribution >= 4 is 11.9 Å². The van der Waals surface area contributed by atoms with Crippen LogP contribution in [0.2, 0.25) is 0 Å². The van der Waals surface area contributed by atoms with Gasteiger partial charge >= 0.3 is 5.97 Å². The van der Waals surface area contributed by atoms with Crippen molar-refractivity contribution in [1.82, 2.24) is 4.90 Å². The minimum Gasteiger partial charge on any atom is -0.507 e. The number of aromatic hydroxyl groups is 1. The third-order valence-corrected chi connectivity index (χ3v) is 2.18. The van der Waals surface area contributed by atoms with Crippen LogP contribution in [-0.4, -0.2) is 40.1 Å². The summed E-state index contributed by atoms with van der Waals surface area (Å²) in [7, 11) is 0. The number of phenolic OH excluding ortho intramolecular Hbond substituents is 1. The molecule has 0 aliphatic rings. The highest BCUT2D eigenvalue weighted by Crippen LogP contribution is 2.19. The van der Waals surface area contributed by atoms with Crippen LogP contribution < -0.4 is 0 Å². The number of amides is 1. The summed E-state index contributed by atoms with van der Waals surface area (Å²) in [6, 6.07) is 2.94. The number of hydrogen-bond acceptors (Lipinski definition) is 3. The molecule has 0 saturated carbocycles. The fourth-order valence-electron chi connectivity index (χ4n) is 1.34. The average molecular weight is 241 g/mol. The lowest BCUT2D eigenvalue weighted by atomic mass is 10.1. The summed E-state index contributed by atoms with van der Waals surface area (Å²) in [5.41, 5.74) is -0.242. The van der Waals surface area contributed by atoms with E-state index in [0.29, 0.717) is 0 Å². The van der Waals surface area contributed by atoms with Gasteiger partial charge in [0.25, 0.3) is 5.91 Å². The molecule has 1 rings (SSSR count). The Bertz CT molecular complexity index is 447. The number of rotatable bonds is 4. The molecule has 0 aromatic heterocycles. The van der Waals surface area contributed by atoms with Crippen LogP contribution in [0.4, 0.5) is 4.39 Å². The molecule has 0 radical (unpaired) electrons. The largest absolute Gasteiger partial charge is 0.507 e. The van der Waals surface area contributed by atoms with Crippen molar-refractivity contribution in [2.24, 2.45) is 0 Å². The van der Waals surface area contributed by atoms with E-state index in [-0.39, 0.29) is 17.9 Å². The number of likely N-dealkylation sites (N-methyl/N-ethyl adjacent to an activating group) is 1. The summed E-state index contributed by atoms with van der Waals surface area (Å²) < 4.78 is 12.9. The summed E-state index contributed by atoms with van der Waals surface area (Å²) in [6.07, 6.45) is 0. The maximum atomic E-state index is 12.9. The third-order valence-electron chi connectivity index (χ3n) is 2.18. The number of phenols is 1. The first kappa shape index (κ1) is 13.0. The zero-order valence-electron chi connectivity index (χ0n) is 9.18. The van der Waals surface area contributed by atoms with Crippen molar-refractivity contribution in [2.75, 3.05) is 13.1 Å². The monoisotopic (exact) mass is 241 g/mol. The number of carboxylic acids is 1. The molecule has 0 spiro atoms.